The van der Waals surface area contributed by atoms with Gasteiger partial charge in [0.25, 0.3) is 0 Å². The molecule has 0 aliphatic carbocycles. The standard InChI is InChI=1S/C19H15F4N3O4S/c20-12-5-7-14(8-6-12)31(27,28)26-10-9-13(11-26)29-16-4-2-1-3-15(16)17-24-18(30-25-17)19(21,22)23/h1-8,13H,9-11H2. The molecule has 0 saturated carbocycles. The highest BCUT2D eigenvalue weighted by molar-refractivity contribution is 7.89. The first-order valence-corrected chi connectivity index (χ1v) is 10.5. The molecule has 7 nitrogen and oxygen atoms in total. The van der Waals surface area contributed by atoms with Crippen LogP contribution in [0.4, 0.5) is 17.6 Å². The molecular formula is C19H15F4N3O4S. The average molecular weight is 457 g/mol. The van der Waals surface area contributed by atoms with Gasteiger partial charge in [0, 0.05) is 6.54 Å². The Labute approximate surface area is 174 Å². The number of para-hydroxylation sites is 1. The van der Waals surface area contributed by atoms with E-state index in [0.29, 0.717) is 6.42 Å². The van der Waals surface area contributed by atoms with Gasteiger partial charge in [-0.1, -0.05) is 17.3 Å². The smallest absolute Gasteiger partial charge is 0.471 e. The summed E-state index contributed by atoms with van der Waals surface area (Å²) in [6.07, 6.45) is -4.97. The van der Waals surface area contributed by atoms with Gasteiger partial charge in [0.15, 0.2) is 0 Å². The van der Waals surface area contributed by atoms with Crippen LogP contribution in [0.15, 0.2) is 57.9 Å². The molecule has 1 aliphatic rings. The van der Waals surface area contributed by atoms with Crippen LogP contribution in [-0.2, 0) is 16.2 Å². The summed E-state index contributed by atoms with van der Waals surface area (Å²) in [5.41, 5.74) is 0.182. The van der Waals surface area contributed by atoms with Crippen LogP contribution in [0.5, 0.6) is 5.75 Å². The third-order valence-corrected chi connectivity index (χ3v) is 6.53. The zero-order valence-electron chi connectivity index (χ0n) is 15.7. The molecule has 4 rings (SSSR count). The fourth-order valence-corrected chi connectivity index (χ4v) is 4.64. The number of hydrogen-bond acceptors (Lipinski definition) is 6. The predicted octanol–water partition coefficient (Wildman–Crippen LogP) is 3.74. The van der Waals surface area contributed by atoms with Crippen molar-refractivity contribution in [3.05, 3.63) is 60.2 Å². The van der Waals surface area contributed by atoms with Crippen LogP contribution >= 0.6 is 0 Å². The van der Waals surface area contributed by atoms with Gasteiger partial charge in [0.2, 0.25) is 15.8 Å². The highest BCUT2D eigenvalue weighted by atomic mass is 32.2. The summed E-state index contributed by atoms with van der Waals surface area (Å²) in [5.74, 6) is -2.12. The number of ether oxygens (including phenoxy) is 1. The zero-order chi connectivity index (χ0) is 22.2. The maximum absolute atomic E-state index is 13.1. The van der Waals surface area contributed by atoms with E-state index in [1.807, 2.05) is 0 Å². The predicted molar refractivity (Wildman–Crippen MR) is 98.9 cm³/mol. The minimum absolute atomic E-state index is 0.0219. The molecule has 3 aromatic rings. The van der Waals surface area contributed by atoms with Crippen LogP contribution in [-0.4, -0.2) is 42.1 Å². The molecule has 1 fully saturated rings. The Bertz CT molecular complexity index is 1180. The molecule has 1 aromatic heterocycles. The molecule has 164 valence electrons. The number of hydrogen-bond donors (Lipinski definition) is 0. The van der Waals surface area contributed by atoms with Gasteiger partial charge in [-0.15, -0.1) is 0 Å². The summed E-state index contributed by atoms with van der Waals surface area (Å²) in [6, 6.07) is 10.7. The van der Waals surface area contributed by atoms with E-state index in [1.165, 1.54) is 28.6 Å². The van der Waals surface area contributed by atoms with E-state index in [-0.39, 0.29) is 35.1 Å². The molecule has 1 aliphatic heterocycles. The van der Waals surface area contributed by atoms with Crippen molar-refractivity contribution >= 4 is 10.0 Å². The van der Waals surface area contributed by atoms with Gasteiger partial charge in [-0.25, -0.2) is 12.8 Å². The molecule has 0 N–H and O–H groups in total. The van der Waals surface area contributed by atoms with Crippen molar-refractivity contribution in [2.24, 2.45) is 0 Å². The van der Waals surface area contributed by atoms with E-state index in [1.54, 1.807) is 12.1 Å². The van der Waals surface area contributed by atoms with Gasteiger partial charge >= 0.3 is 12.1 Å². The third-order valence-electron chi connectivity index (χ3n) is 4.65. The van der Waals surface area contributed by atoms with E-state index < -0.39 is 34.0 Å². The molecule has 31 heavy (non-hydrogen) atoms. The number of aromatic nitrogens is 2. The molecule has 1 atom stereocenters. The highest BCUT2D eigenvalue weighted by Gasteiger charge is 2.39. The molecular weight excluding hydrogens is 442 g/mol. The van der Waals surface area contributed by atoms with E-state index >= 15 is 0 Å². The fraction of sp³-hybridized carbons (Fsp3) is 0.263. The number of alkyl halides is 3. The lowest BCUT2D eigenvalue weighted by Crippen LogP contribution is -2.31. The lowest BCUT2D eigenvalue weighted by atomic mass is 10.2. The molecule has 0 amide bonds. The second kappa shape index (κ2) is 7.93. The average Bonchev–Trinajstić information content (AvgIpc) is 3.39. The quantitative estimate of drug-likeness (QED) is 0.543. The second-order valence-electron chi connectivity index (χ2n) is 6.76. The Balaban J connectivity index is 1.51. The molecule has 12 heteroatoms. The Kier molecular flexibility index (Phi) is 5.43. The fourth-order valence-electron chi connectivity index (χ4n) is 3.15. The van der Waals surface area contributed by atoms with Crippen molar-refractivity contribution in [1.82, 2.24) is 14.4 Å². The maximum atomic E-state index is 13.1. The van der Waals surface area contributed by atoms with Crippen LogP contribution in [0.3, 0.4) is 0 Å². The number of sulfonamides is 1. The van der Waals surface area contributed by atoms with Crippen molar-refractivity contribution in [2.75, 3.05) is 13.1 Å². The summed E-state index contributed by atoms with van der Waals surface area (Å²) in [4.78, 5) is 3.33. The molecule has 0 spiro atoms. The lowest BCUT2D eigenvalue weighted by molar-refractivity contribution is -0.159. The first-order valence-electron chi connectivity index (χ1n) is 9.07. The Morgan fingerprint density at radius 1 is 1.10 bits per heavy atom. The number of nitrogens with zero attached hydrogens (tertiary/aromatic N) is 3. The van der Waals surface area contributed by atoms with Crippen molar-refractivity contribution in [3.8, 4) is 17.1 Å². The maximum Gasteiger partial charge on any atom is 0.471 e. The van der Waals surface area contributed by atoms with E-state index in [2.05, 4.69) is 14.7 Å². The van der Waals surface area contributed by atoms with Crippen molar-refractivity contribution < 1.29 is 35.2 Å². The molecule has 1 unspecified atom stereocenters. The van der Waals surface area contributed by atoms with Gasteiger partial charge in [0.1, 0.15) is 17.7 Å². The van der Waals surface area contributed by atoms with Gasteiger partial charge in [0.05, 0.1) is 17.0 Å². The van der Waals surface area contributed by atoms with Gasteiger partial charge in [-0.2, -0.15) is 22.5 Å². The largest absolute Gasteiger partial charge is 0.488 e. The first-order chi connectivity index (χ1) is 14.6. The van der Waals surface area contributed by atoms with Gasteiger partial charge < -0.3 is 9.26 Å². The van der Waals surface area contributed by atoms with Crippen LogP contribution < -0.4 is 4.74 Å². The number of rotatable bonds is 5. The monoisotopic (exact) mass is 457 g/mol. The minimum Gasteiger partial charge on any atom is -0.488 e. The summed E-state index contributed by atoms with van der Waals surface area (Å²) in [6.45, 7) is 0.196. The highest BCUT2D eigenvalue weighted by Crippen LogP contribution is 2.34. The topological polar surface area (TPSA) is 85.5 Å². The minimum atomic E-state index is -4.78. The Morgan fingerprint density at radius 3 is 2.48 bits per heavy atom. The SMILES string of the molecule is O=S(=O)(c1ccc(F)cc1)N1CCC(Oc2ccccc2-c2noc(C(F)(F)F)n2)C1. The van der Waals surface area contributed by atoms with E-state index in [0.717, 1.165) is 12.1 Å². The van der Waals surface area contributed by atoms with Gasteiger partial charge in [-0.05, 0) is 42.8 Å². The molecule has 1 saturated heterocycles. The molecule has 2 aromatic carbocycles. The second-order valence-corrected chi connectivity index (χ2v) is 8.70. The summed E-state index contributed by atoms with van der Waals surface area (Å²) in [7, 11) is -3.83. The normalized spacial score (nSPS) is 17.7. The van der Waals surface area contributed by atoms with Crippen LogP contribution in [0, 0.1) is 5.82 Å². The van der Waals surface area contributed by atoms with Crippen molar-refractivity contribution in [2.45, 2.75) is 23.6 Å². The summed E-state index contributed by atoms with van der Waals surface area (Å²) >= 11 is 0. The lowest BCUT2D eigenvalue weighted by Gasteiger charge is -2.18. The summed E-state index contributed by atoms with van der Waals surface area (Å²) < 4.78 is 88.2. The van der Waals surface area contributed by atoms with E-state index in [4.69, 9.17) is 4.74 Å². The van der Waals surface area contributed by atoms with Crippen LogP contribution in [0.1, 0.15) is 12.3 Å². The zero-order valence-corrected chi connectivity index (χ0v) is 16.5. The molecule has 0 radical (unpaired) electrons. The number of halogens is 4. The first kappa shape index (κ1) is 21.2. The van der Waals surface area contributed by atoms with Crippen LogP contribution in [0.2, 0.25) is 0 Å². The molecule has 0 bridgehead atoms. The third kappa shape index (κ3) is 4.39. The molecule has 2 heterocycles. The van der Waals surface area contributed by atoms with Crippen molar-refractivity contribution in [1.29, 1.82) is 0 Å². The van der Waals surface area contributed by atoms with Gasteiger partial charge in [-0.3, -0.25) is 0 Å². The Morgan fingerprint density at radius 2 is 1.81 bits per heavy atom. The Hall–Kier alpha value is -2.99. The summed E-state index contributed by atoms with van der Waals surface area (Å²) in [5, 5.41) is 3.37. The van der Waals surface area contributed by atoms with Crippen molar-refractivity contribution in [3.63, 3.8) is 0 Å². The van der Waals surface area contributed by atoms with Crippen LogP contribution in [0.25, 0.3) is 11.4 Å². The van der Waals surface area contributed by atoms with E-state index in [9.17, 15) is 26.0 Å². The number of benzene rings is 2.